The summed E-state index contributed by atoms with van der Waals surface area (Å²) in [4.78, 5) is 2.45. The first-order chi connectivity index (χ1) is 8.55. The first-order valence-corrected chi connectivity index (χ1v) is 7.07. The Morgan fingerprint density at radius 2 is 2.00 bits per heavy atom. The van der Waals surface area contributed by atoms with Gasteiger partial charge in [0, 0.05) is 29.4 Å². The smallest absolute Gasteiger partial charge is 0.0434 e. The summed E-state index contributed by atoms with van der Waals surface area (Å²) >= 11 is 5.95. The van der Waals surface area contributed by atoms with Gasteiger partial charge >= 0.3 is 0 Å². The number of aliphatic hydroxyl groups is 1. The van der Waals surface area contributed by atoms with E-state index in [9.17, 15) is 5.11 Å². The molecule has 0 aliphatic carbocycles. The van der Waals surface area contributed by atoms with Crippen LogP contribution in [-0.4, -0.2) is 23.8 Å². The van der Waals surface area contributed by atoms with Crippen LogP contribution in [0.3, 0.4) is 0 Å². The molecule has 1 fully saturated rings. The SMILES string of the molecule is CC1(C)C(CCO)CCCN1c1ccc(Cl)cc1. The van der Waals surface area contributed by atoms with E-state index in [0.717, 1.165) is 18.0 Å². The predicted molar refractivity (Wildman–Crippen MR) is 77.3 cm³/mol. The standard InChI is InChI=1S/C15H22ClNO/c1-15(2)12(9-11-18)4-3-10-17(15)14-7-5-13(16)6-8-14/h5-8,12,18H,3-4,9-11H2,1-2H3. The van der Waals surface area contributed by atoms with Gasteiger partial charge in [-0.1, -0.05) is 11.6 Å². The summed E-state index contributed by atoms with van der Waals surface area (Å²) in [6.45, 7) is 5.92. The summed E-state index contributed by atoms with van der Waals surface area (Å²) < 4.78 is 0. The normalized spacial score (nSPS) is 23.1. The second kappa shape index (κ2) is 5.50. The van der Waals surface area contributed by atoms with E-state index in [2.05, 4.69) is 30.9 Å². The van der Waals surface area contributed by atoms with Crippen LogP contribution in [0.15, 0.2) is 24.3 Å². The van der Waals surface area contributed by atoms with Gasteiger partial charge < -0.3 is 10.0 Å². The quantitative estimate of drug-likeness (QED) is 0.902. The minimum Gasteiger partial charge on any atom is -0.396 e. The highest BCUT2D eigenvalue weighted by Gasteiger charge is 2.37. The lowest BCUT2D eigenvalue weighted by Gasteiger charge is -2.49. The molecule has 1 saturated heterocycles. The van der Waals surface area contributed by atoms with Gasteiger partial charge in [0.1, 0.15) is 0 Å². The number of benzene rings is 1. The first-order valence-electron chi connectivity index (χ1n) is 6.70. The summed E-state index contributed by atoms with van der Waals surface area (Å²) in [5, 5.41) is 9.99. The van der Waals surface area contributed by atoms with E-state index in [4.69, 9.17) is 11.6 Å². The van der Waals surface area contributed by atoms with Crippen LogP contribution in [0.2, 0.25) is 5.02 Å². The lowest BCUT2D eigenvalue weighted by molar-refractivity contribution is 0.176. The molecule has 2 nitrogen and oxygen atoms in total. The highest BCUT2D eigenvalue weighted by molar-refractivity contribution is 6.30. The molecule has 2 rings (SSSR count). The van der Waals surface area contributed by atoms with Gasteiger partial charge in [0.2, 0.25) is 0 Å². The number of halogens is 1. The molecule has 0 amide bonds. The minimum absolute atomic E-state index is 0.0921. The van der Waals surface area contributed by atoms with Crippen molar-refractivity contribution < 1.29 is 5.11 Å². The van der Waals surface area contributed by atoms with E-state index in [-0.39, 0.29) is 12.1 Å². The topological polar surface area (TPSA) is 23.5 Å². The summed E-state index contributed by atoms with van der Waals surface area (Å²) in [6.07, 6.45) is 3.28. The molecule has 0 spiro atoms. The van der Waals surface area contributed by atoms with Gasteiger partial charge in [-0.2, -0.15) is 0 Å². The Kier molecular flexibility index (Phi) is 4.18. The van der Waals surface area contributed by atoms with E-state index < -0.39 is 0 Å². The van der Waals surface area contributed by atoms with Crippen LogP contribution in [0.4, 0.5) is 5.69 Å². The van der Waals surface area contributed by atoms with E-state index in [0.29, 0.717) is 5.92 Å². The number of rotatable bonds is 3. The van der Waals surface area contributed by atoms with Crippen molar-refractivity contribution in [2.24, 2.45) is 5.92 Å². The van der Waals surface area contributed by atoms with Gasteiger partial charge in [-0.15, -0.1) is 0 Å². The molecule has 1 N–H and O–H groups in total. The van der Waals surface area contributed by atoms with Crippen molar-refractivity contribution in [3.63, 3.8) is 0 Å². The first kappa shape index (κ1) is 13.7. The van der Waals surface area contributed by atoms with Crippen LogP contribution < -0.4 is 4.90 Å². The Hall–Kier alpha value is -0.730. The highest BCUT2D eigenvalue weighted by atomic mass is 35.5. The average Bonchev–Trinajstić information content (AvgIpc) is 2.33. The molecule has 1 unspecified atom stereocenters. The number of nitrogens with zero attached hydrogens (tertiary/aromatic N) is 1. The monoisotopic (exact) mass is 267 g/mol. The van der Waals surface area contributed by atoms with Gasteiger partial charge in [-0.25, -0.2) is 0 Å². The van der Waals surface area contributed by atoms with Crippen molar-refractivity contribution in [3.8, 4) is 0 Å². The van der Waals surface area contributed by atoms with Crippen molar-refractivity contribution in [1.82, 2.24) is 0 Å². The Labute approximate surface area is 115 Å². The van der Waals surface area contributed by atoms with Crippen molar-refractivity contribution in [3.05, 3.63) is 29.3 Å². The van der Waals surface area contributed by atoms with Gasteiger partial charge in [0.25, 0.3) is 0 Å². The maximum Gasteiger partial charge on any atom is 0.0434 e. The molecular weight excluding hydrogens is 246 g/mol. The molecule has 0 bridgehead atoms. The van der Waals surface area contributed by atoms with Gasteiger partial charge in [-0.05, 0) is 63.3 Å². The van der Waals surface area contributed by atoms with E-state index >= 15 is 0 Å². The van der Waals surface area contributed by atoms with Crippen molar-refractivity contribution in [2.45, 2.75) is 38.6 Å². The highest BCUT2D eigenvalue weighted by Crippen LogP contribution is 2.38. The maximum absolute atomic E-state index is 9.21. The van der Waals surface area contributed by atoms with Crippen LogP contribution in [0.1, 0.15) is 33.1 Å². The molecule has 0 aromatic heterocycles. The Morgan fingerprint density at radius 3 is 2.61 bits per heavy atom. The molecule has 0 saturated carbocycles. The Balaban J connectivity index is 2.23. The lowest BCUT2D eigenvalue weighted by atomic mass is 9.77. The van der Waals surface area contributed by atoms with E-state index in [1.54, 1.807) is 0 Å². The van der Waals surface area contributed by atoms with Gasteiger partial charge in [0.05, 0.1) is 0 Å². The van der Waals surface area contributed by atoms with Crippen LogP contribution >= 0.6 is 11.6 Å². The molecule has 1 aliphatic rings. The molecule has 3 heteroatoms. The molecule has 1 heterocycles. The fourth-order valence-electron chi connectivity index (χ4n) is 3.09. The fourth-order valence-corrected chi connectivity index (χ4v) is 3.22. The molecule has 1 atom stereocenters. The largest absolute Gasteiger partial charge is 0.396 e. The number of hydrogen-bond donors (Lipinski definition) is 1. The number of hydrogen-bond acceptors (Lipinski definition) is 2. The minimum atomic E-state index is 0.0921. The van der Waals surface area contributed by atoms with Crippen LogP contribution in [0, 0.1) is 5.92 Å². The summed E-state index contributed by atoms with van der Waals surface area (Å²) in [6, 6.07) is 8.07. The lowest BCUT2D eigenvalue weighted by Crippen LogP contribution is -2.53. The third-order valence-corrected chi connectivity index (χ3v) is 4.50. The molecule has 1 aromatic rings. The third-order valence-electron chi connectivity index (χ3n) is 4.24. The molecule has 1 aromatic carbocycles. The van der Waals surface area contributed by atoms with E-state index in [1.807, 2.05) is 12.1 Å². The third kappa shape index (κ3) is 2.65. The van der Waals surface area contributed by atoms with Crippen molar-refractivity contribution in [2.75, 3.05) is 18.1 Å². The zero-order valence-electron chi connectivity index (χ0n) is 11.2. The van der Waals surface area contributed by atoms with Gasteiger partial charge in [-0.3, -0.25) is 0 Å². The molecule has 18 heavy (non-hydrogen) atoms. The maximum atomic E-state index is 9.21. The van der Waals surface area contributed by atoms with Crippen LogP contribution in [0.25, 0.3) is 0 Å². The summed E-state index contributed by atoms with van der Waals surface area (Å²) in [5.74, 6) is 0.548. The van der Waals surface area contributed by atoms with Crippen LogP contribution in [-0.2, 0) is 0 Å². The summed E-state index contributed by atoms with van der Waals surface area (Å²) in [5.41, 5.74) is 1.32. The van der Waals surface area contributed by atoms with Crippen LogP contribution in [0.5, 0.6) is 0 Å². The molecule has 0 radical (unpaired) electrons. The number of anilines is 1. The Bertz CT molecular complexity index is 386. The second-order valence-electron chi connectivity index (χ2n) is 5.63. The van der Waals surface area contributed by atoms with Gasteiger partial charge in [0.15, 0.2) is 0 Å². The van der Waals surface area contributed by atoms with E-state index in [1.165, 1.54) is 18.5 Å². The van der Waals surface area contributed by atoms with Crippen molar-refractivity contribution in [1.29, 1.82) is 0 Å². The number of aliphatic hydroxyl groups excluding tert-OH is 1. The average molecular weight is 268 g/mol. The molecular formula is C15H22ClNO. The van der Waals surface area contributed by atoms with Crippen molar-refractivity contribution >= 4 is 17.3 Å². The summed E-state index contributed by atoms with van der Waals surface area (Å²) in [7, 11) is 0. The number of piperidine rings is 1. The molecule has 1 aliphatic heterocycles. The molecule has 100 valence electrons. The zero-order valence-corrected chi connectivity index (χ0v) is 12.0. The fraction of sp³-hybridized carbons (Fsp3) is 0.600. The predicted octanol–water partition coefficient (Wildman–Crippen LogP) is 3.72. The Morgan fingerprint density at radius 1 is 1.33 bits per heavy atom. The second-order valence-corrected chi connectivity index (χ2v) is 6.07. The zero-order chi connectivity index (χ0) is 13.2.